The second kappa shape index (κ2) is 6.99. The second-order valence-corrected chi connectivity index (χ2v) is 5.39. The van der Waals surface area contributed by atoms with Crippen molar-refractivity contribution in [2.24, 2.45) is 0 Å². The standard InChI is InChI=1S/C15H14F3N3OS/c1-3-9-4-6-10(7-5-9)20-13(22)11-8-19-14(23-2)21-12(11)15(16,17)18/h4-8H,3H2,1-2H3,(H,20,22). The van der Waals surface area contributed by atoms with Crippen LogP contribution >= 0.6 is 11.8 Å². The Hall–Kier alpha value is -2.09. The summed E-state index contributed by atoms with van der Waals surface area (Å²) in [4.78, 5) is 19.3. The fourth-order valence-corrected chi connectivity index (χ4v) is 2.21. The number of aryl methyl sites for hydroxylation is 1. The molecule has 1 aromatic heterocycles. The van der Waals surface area contributed by atoms with Crippen LogP contribution in [0.1, 0.15) is 28.5 Å². The molecule has 1 N–H and O–H groups in total. The maximum absolute atomic E-state index is 13.1. The van der Waals surface area contributed by atoms with Crippen LogP contribution in [0.25, 0.3) is 0 Å². The van der Waals surface area contributed by atoms with E-state index in [2.05, 4.69) is 15.3 Å². The smallest absolute Gasteiger partial charge is 0.322 e. The van der Waals surface area contributed by atoms with E-state index >= 15 is 0 Å². The van der Waals surface area contributed by atoms with Crippen molar-refractivity contribution in [2.45, 2.75) is 24.7 Å². The van der Waals surface area contributed by atoms with Crippen LogP contribution in [0.15, 0.2) is 35.6 Å². The van der Waals surface area contributed by atoms with E-state index in [0.717, 1.165) is 29.9 Å². The van der Waals surface area contributed by atoms with Crippen molar-refractivity contribution in [1.82, 2.24) is 9.97 Å². The van der Waals surface area contributed by atoms with Crippen molar-refractivity contribution in [2.75, 3.05) is 11.6 Å². The summed E-state index contributed by atoms with van der Waals surface area (Å²) in [6, 6.07) is 6.88. The summed E-state index contributed by atoms with van der Waals surface area (Å²) in [5.41, 5.74) is -0.365. The van der Waals surface area contributed by atoms with Crippen molar-refractivity contribution < 1.29 is 18.0 Å². The minimum atomic E-state index is -4.73. The molecule has 0 atom stereocenters. The third-order valence-corrected chi connectivity index (χ3v) is 3.64. The predicted molar refractivity (Wildman–Crippen MR) is 82.6 cm³/mol. The summed E-state index contributed by atoms with van der Waals surface area (Å²) in [5.74, 6) is -0.894. The van der Waals surface area contributed by atoms with Crippen LogP contribution in [0.4, 0.5) is 18.9 Å². The lowest BCUT2D eigenvalue weighted by molar-refractivity contribution is -0.142. The van der Waals surface area contributed by atoms with E-state index < -0.39 is 23.3 Å². The van der Waals surface area contributed by atoms with Gasteiger partial charge in [-0.15, -0.1) is 0 Å². The SMILES string of the molecule is CCc1ccc(NC(=O)c2cnc(SC)nc2C(F)(F)F)cc1. The molecule has 1 aromatic carbocycles. The third kappa shape index (κ3) is 4.22. The normalized spacial score (nSPS) is 11.3. The molecule has 2 aromatic rings. The monoisotopic (exact) mass is 341 g/mol. The molecule has 0 radical (unpaired) electrons. The van der Waals surface area contributed by atoms with E-state index in [0.29, 0.717) is 5.69 Å². The van der Waals surface area contributed by atoms with E-state index in [9.17, 15) is 18.0 Å². The molecule has 0 aliphatic heterocycles. The first kappa shape index (κ1) is 17.3. The Bertz CT molecular complexity index is 702. The number of anilines is 1. The molecule has 122 valence electrons. The van der Waals surface area contributed by atoms with Crippen molar-refractivity contribution in [3.8, 4) is 0 Å². The molecule has 0 aliphatic carbocycles. The van der Waals surface area contributed by atoms with Gasteiger partial charge in [0.25, 0.3) is 5.91 Å². The highest BCUT2D eigenvalue weighted by Gasteiger charge is 2.38. The summed E-state index contributed by atoms with van der Waals surface area (Å²) in [7, 11) is 0. The van der Waals surface area contributed by atoms with Crippen molar-refractivity contribution in [3.05, 3.63) is 47.3 Å². The van der Waals surface area contributed by atoms with Gasteiger partial charge in [-0.3, -0.25) is 4.79 Å². The zero-order valence-corrected chi connectivity index (χ0v) is 13.3. The number of nitrogens with one attached hydrogen (secondary N) is 1. The van der Waals surface area contributed by atoms with E-state index in [4.69, 9.17) is 0 Å². The number of carbonyl (C=O) groups is 1. The van der Waals surface area contributed by atoms with Gasteiger partial charge in [-0.2, -0.15) is 13.2 Å². The number of alkyl halides is 3. The lowest BCUT2D eigenvalue weighted by Crippen LogP contribution is -2.21. The summed E-state index contributed by atoms with van der Waals surface area (Å²) < 4.78 is 39.2. The summed E-state index contributed by atoms with van der Waals surface area (Å²) in [6.45, 7) is 1.98. The Labute approximate surface area is 135 Å². The molecule has 0 saturated carbocycles. The number of hydrogen-bond donors (Lipinski definition) is 1. The van der Waals surface area contributed by atoms with Gasteiger partial charge in [0.1, 0.15) is 0 Å². The zero-order valence-electron chi connectivity index (χ0n) is 12.4. The van der Waals surface area contributed by atoms with Crippen molar-refractivity contribution in [1.29, 1.82) is 0 Å². The molecule has 1 amide bonds. The minimum Gasteiger partial charge on any atom is -0.322 e. The Morgan fingerprint density at radius 1 is 1.26 bits per heavy atom. The number of carbonyl (C=O) groups excluding carboxylic acids is 1. The van der Waals surface area contributed by atoms with Crippen LogP contribution in [0.5, 0.6) is 0 Å². The molecule has 4 nitrogen and oxygen atoms in total. The van der Waals surface area contributed by atoms with Crippen LogP contribution in [0, 0.1) is 0 Å². The molecule has 23 heavy (non-hydrogen) atoms. The molecular formula is C15H14F3N3OS. The second-order valence-electron chi connectivity index (χ2n) is 4.62. The van der Waals surface area contributed by atoms with Crippen molar-refractivity contribution in [3.63, 3.8) is 0 Å². The largest absolute Gasteiger partial charge is 0.434 e. The Kier molecular flexibility index (Phi) is 5.25. The molecule has 0 aliphatic rings. The van der Waals surface area contributed by atoms with Gasteiger partial charge in [0.15, 0.2) is 10.9 Å². The molecule has 1 heterocycles. The fourth-order valence-electron chi connectivity index (χ4n) is 1.87. The number of rotatable bonds is 4. The number of hydrogen-bond acceptors (Lipinski definition) is 4. The van der Waals surface area contributed by atoms with Crippen LogP contribution in [-0.4, -0.2) is 22.1 Å². The highest BCUT2D eigenvalue weighted by molar-refractivity contribution is 7.98. The lowest BCUT2D eigenvalue weighted by atomic mass is 10.1. The number of halogens is 3. The Morgan fingerprint density at radius 3 is 2.43 bits per heavy atom. The first-order valence-corrected chi connectivity index (χ1v) is 7.96. The molecular weight excluding hydrogens is 327 g/mol. The molecule has 0 spiro atoms. The Morgan fingerprint density at radius 2 is 1.91 bits per heavy atom. The number of amides is 1. The van der Waals surface area contributed by atoms with Gasteiger partial charge in [0.2, 0.25) is 0 Å². The lowest BCUT2D eigenvalue weighted by Gasteiger charge is -2.12. The summed E-state index contributed by atoms with van der Waals surface area (Å²) >= 11 is 0.974. The van der Waals surface area contributed by atoms with Gasteiger partial charge < -0.3 is 5.32 Å². The summed E-state index contributed by atoms with van der Waals surface area (Å²) in [6.07, 6.45) is -1.44. The molecule has 8 heteroatoms. The highest BCUT2D eigenvalue weighted by atomic mass is 32.2. The van der Waals surface area contributed by atoms with Gasteiger partial charge in [-0.05, 0) is 30.4 Å². The number of aromatic nitrogens is 2. The van der Waals surface area contributed by atoms with Crippen LogP contribution < -0.4 is 5.32 Å². The fraction of sp³-hybridized carbons (Fsp3) is 0.267. The topological polar surface area (TPSA) is 54.9 Å². The third-order valence-electron chi connectivity index (χ3n) is 3.08. The maximum Gasteiger partial charge on any atom is 0.434 e. The van der Waals surface area contributed by atoms with E-state index in [1.165, 1.54) is 0 Å². The molecule has 0 unspecified atom stereocenters. The number of nitrogens with zero attached hydrogens (tertiary/aromatic N) is 2. The first-order valence-electron chi connectivity index (χ1n) is 6.73. The maximum atomic E-state index is 13.1. The van der Waals surface area contributed by atoms with Crippen LogP contribution in [0.3, 0.4) is 0 Å². The van der Waals surface area contributed by atoms with Crippen molar-refractivity contribution >= 4 is 23.4 Å². The number of benzene rings is 1. The van der Waals surface area contributed by atoms with E-state index in [-0.39, 0.29) is 5.16 Å². The molecule has 0 saturated heterocycles. The van der Waals surface area contributed by atoms with Gasteiger partial charge in [0.05, 0.1) is 5.56 Å². The van der Waals surface area contributed by atoms with E-state index in [1.54, 1.807) is 30.5 Å². The van der Waals surface area contributed by atoms with Gasteiger partial charge in [0, 0.05) is 11.9 Å². The molecule has 2 rings (SSSR count). The minimum absolute atomic E-state index is 0.0406. The van der Waals surface area contributed by atoms with Gasteiger partial charge >= 0.3 is 6.18 Å². The number of thioether (sulfide) groups is 1. The van der Waals surface area contributed by atoms with Gasteiger partial charge in [-0.25, -0.2) is 9.97 Å². The van der Waals surface area contributed by atoms with E-state index in [1.807, 2.05) is 6.92 Å². The predicted octanol–water partition coefficient (Wildman–Crippen LogP) is 4.03. The van der Waals surface area contributed by atoms with Crippen LogP contribution in [0.2, 0.25) is 0 Å². The Balaban J connectivity index is 2.30. The van der Waals surface area contributed by atoms with Crippen LogP contribution in [-0.2, 0) is 12.6 Å². The van der Waals surface area contributed by atoms with Gasteiger partial charge in [-0.1, -0.05) is 30.8 Å². The summed E-state index contributed by atoms with van der Waals surface area (Å²) in [5, 5.41) is 2.39. The molecule has 0 fully saturated rings. The zero-order chi connectivity index (χ0) is 17.0. The molecule has 0 bridgehead atoms. The average molecular weight is 341 g/mol. The highest BCUT2D eigenvalue weighted by Crippen LogP contribution is 2.31. The quantitative estimate of drug-likeness (QED) is 0.674. The average Bonchev–Trinajstić information content (AvgIpc) is 2.54. The first-order chi connectivity index (χ1) is 10.8.